The van der Waals surface area contributed by atoms with Gasteiger partial charge in [0.25, 0.3) is 5.01 Å². The summed E-state index contributed by atoms with van der Waals surface area (Å²) in [6.07, 6.45) is 5.44. The van der Waals surface area contributed by atoms with Gasteiger partial charge in [-0.3, -0.25) is 4.79 Å². The number of rotatable bonds is 11. The molecule has 40 heavy (non-hydrogen) atoms. The number of benzene rings is 3. The Morgan fingerprint density at radius 2 is 1.88 bits per heavy atom. The number of aliphatic carboxylic acids is 2. The maximum absolute atomic E-state index is 14.1. The van der Waals surface area contributed by atoms with E-state index in [9.17, 15) is 24.2 Å². The van der Waals surface area contributed by atoms with E-state index in [-0.39, 0.29) is 12.8 Å². The molecule has 1 aliphatic rings. The van der Waals surface area contributed by atoms with Crippen LogP contribution in [0.2, 0.25) is 0 Å². The first-order valence-corrected chi connectivity index (χ1v) is 14.1. The Hall–Kier alpha value is -4.24. The Balaban J connectivity index is 1.54. The summed E-state index contributed by atoms with van der Waals surface area (Å²) in [5.74, 6) is -1.36. The van der Waals surface area contributed by atoms with Crippen molar-refractivity contribution in [3.63, 3.8) is 0 Å². The monoisotopic (exact) mass is 560 g/mol. The van der Waals surface area contributed by atoms with Gasteiger partial charge in [-0.2, -0.15) is 4.57 Å². The number of anilines is 1. The molecule has 0 aliphatic carbocycles. The van der Waals surface area contributed by atoms with Crippen LogP contribution >= 0.6 is 11.3 Å². The van der Waals surface area contributed by atoms with E-state index in [1.54, 1.807) is 22.3 Å². The van der Waals surface area contributed by atoms with Crippen molar-refractivity contribution in [2.75, 3.05) is 11.4 Å². The van der Waals surface area contributed by atoms with Crippen LogP contribution in [0.1, 0.15) is 44.0 Å². The molecule has 3 aromatic carbocycles. The number of fused-ring (bicyclic) bond motifs is 3. The van der Waals surface area contributed by atoms with Gasteiger partial charge in [0.05, 0.1) is 12.1 Å². The van der Waals surface area contributed by atoms with Crippen LogP contribution in [0.15, 0.2) is 72.1 Å². The van der Waals surface area contributed by atoms with Crippen molar-refractivity contribution in [1.29, 1.82) is 0 Å². The third kappa shape index (κ3) is 5.99. The number of hydrogen-bond acceptors (Lipinski definition) is 6. The van der Waals surface area contributed by atoms with Gasteiger partial charge in [-0.25, -0.2) is 4.39 Å². The number of carboxylic acids is 2. The minimum Gasteiger partial charge on any atom is -0.550 e. The quantitative estimate of drug-likeness (QED) is 0.247. The number of allylic oxidation sites excluding steroid dienone is 2. The zero-order valence-corrected chi connectivity index (χ0v) is 22.9. The van der Waals surface area contributed by atoms with E-state index in [0.717, 1.165) is 31.6 Å². The first-order valence-electron chi connectivity index (χ1n) is 13.3. The Labute approximate surface area is 235 Å². The summed E-state index contributed by atoms with van der Waals surface area (Å²) >= 11 is 1.64. The second-order valence-electron chi connectivity index (χ2n) is 9.65. The fourth-order valence-electron chi connectivity index (χ4n) is 4.87. The molecule has 0 fully saturated rings. The van der Waals surface area contributed by atoms with Crippen LogP contribution in [0.3, 0.4) is 0 Å². The van der Waals surface area contributed by atoms with Gasteiger partial charge in [0.2, 0.25) is 11.4 Å². The molecule has 0 spiro atoms. The molecule has 0 radical (unpaired) electrons. The van der Waals surface area contributed by atoms with Crippen LogP contribution in [0.25, 0.3) is 27.1 Å². The molecule has 1 aliphatic heterocycles. The number of carbonyl (C=O) groups is 2. The van der Waals surface area contributed by atoms with Crippen LogP contribution < -0.4 is 19.3 Å². The Kier molecular flexibility index (Phi) is 8.11. The summed E-state index contributed by atoms with van der Waals surface area (Å²) in [5.41, 5.74) is 2.56. The molecule has 1 aromatic heterocycles. The van der Waals surface area contributed by atoms with Gasteiger partial charge in [-0.1, -0.05) is 42.5 Å². The number of nitrogens with zero attached hydrogens (tertiary/aromatic N) is 2. The van der Waals surface area contributed by atoms with Crippen LogP contribution in [-0.4, -0.2) is 23.6 Å². The Bertz CT molecular complexity index is 1660. The summed E-state index contributed by atoms with van der Waals surface area (Å²) in [6.45, 7) is 2.92. The second-order valence-corrected chi connectivity index (χ2v) is 10.7. The number of halogens is 1. The third-order valence-electron chi connectivity index (χ3n) is 6.85. The maximum atomic E-state index is 14.1. The van der Waals surface area contributed by atoms with Crippen LogP contribution in [0.5, 0.6) is 5.75 Å². The maximum Gasteiger partial charge on any atom is 0.303 e. The minimum atomic E-state index is -1.14. The van der Waals surface area contributed by atoms with E-state index in [1.165, 1.54) is 12.1 Å². The smallest absolute Gasteiger partial charge is 0.303 e. The summed E-state index contributed by atoms with van der Waals surface area (Å²) < 4.78 is 23.4. The molecule has 7 nitrogen and oxygen atoms in total. The molecule has 0 bridgehead atoms. The number of hydrogen-bond donors (Lipinski definition) is 1. The molecular weight excluding hydrogens is 531 g/mol. The van der Waals surface area contributed by atoms with E-state index >= 15 is 0 Å². The van der Waals surface area contributed by atoms with Gasteiger partial charge in [0.1, 0.15) is 10.5 Å². The number of carboxylic acid groups (broad SMARTS) is 2. The molecule has 0 amide bonds. The SMILES string of the molecule is CCC(=Cc1sc2cc3ccccc3cc2[n+]1CCCC(=O)O)C=C1Oc2ccc(F)cc2N1CCCC(=O)[O-]. The number of carbonyl (C=O) groups excluding carboxylic acids is 1. The number of ether oxygens (including phenoxy) is 1. The predicted molar refractivity (Wildman–Crippen MR) is 151 cm³/mol. The number of aromatic nitrogens is 1. The molecule has 206 valence electrons. The molecule has 0 saturated carbocycles. The van der Waals surface area contributed by atoms with Crippen molar-refractivity contribution < 1.29 is 33.5 Å². The molecule has 4 aromatic rings. The molecule has 0 atom stereocenters. The van der Waals surface area contributed by atoms with Crippen molar-refractivity contribution in [3.8, 4) is 5.75 Å². The highest BCUT2D eigenvalue weighted by Gasteiger charge is 2.27. The van der Waals surface area contributed by atoms with Crippen molar-refractivity contribution in [1.82, 2.24) is 0 Å². The van der Waals surface area contributed by atoms with Crippen molar-refractivity contribution in [2.24, 2.45) is 0 Å². The van der Waals surface area contributed by atoms with E-state index in [0.29, 0.717) is 49.7 Å². The Morgan fingerprint density at radius 3 is 2.60 bits per heavy atom. The van der Waals surface area contributed by atoms with E-state index in [4.69, 9.17) is 4.74 Å². The normalized spacial score (nSPS) is 14.2. The number of aryl methyl sites for hydroxylation is 1. The second kappa shape index (κ2) is 11.9. The largest absolute Gasteiger partial charge is 0.550 e. The van der Waals surface area contributed by atoms with E-state index in [1.807, 2.05) is 25.1 Å². The summed E-state index contributed by atoms with van der Waals surface area (Å²) in [6, 6.07) is 16.8. The molecule has 9 heteroatoms. The zero-order valence-electron chi connectivity index (χ0n) is 22.1. The lowest BCUT2D eigenvalue weighted by Gasteiger charge is -2.19. The highest BCUT2D eigenvalue weighted by Crippen LogP contribution is 2.40. The summed E-state index contributed by atoms with van der Waals surface area (Å²) in [5, 5.41) is 23.4. The Morgan fingerprint density at radius 1 is 1.10 bits per heavy atom. The number of thiazole rings is 1. The lowest BCUT2D eigenvalue weighted by molar-refractivity contribution is -0.669. The summed E-state index contributed by atoms with van der Waals surface area (Å²) in [4.78, 5) is 24.0. The molecule has 0 saturated heterocycles. The topological polar surface area (TPSA) is 93.8 Å². The van der Waals surface area contributed by atoms with Crippen LogP contribution in [0, 0.1) is 5.82 Å². The van der Waals surface area contributed by atoms with Gasteiger partial charge in [-0.15, -0.1) is 0 Å². The summed E-state index contributed by atoms with van der Waals surface area (Å²) in [7, 11) is 0. The van der Waals surface area contributed by atoms with Gasteiger partial charge in [0.15, 0.2) is 12.3 Å². The fourth-order valence-corrected chi connectivity index (χ4v) is 6.06. The minimum absolute atomic E-state index is 0.0786. The molecule has 1 N–H and O–H groups in total. The van der Waals surface area contributed by atoms with Crippen molar-refractivity contribution in [2.45, 2.75) is 45.6 Å². The van der Waals surface area contributed by atoms with Gasteiger partial charge in [0, 0.05) is 43.2 Å². The average Bonchev–Trinajstić information content (AvgIpc) is 3.43. The lowest BCUT2D eigenvalue weighted by Crippen LogP contribution is -2.35. The molecule has 0 unspecified atom stereocenters. The van der Waals surface area contributed by atoms with Crippen LogP contribution in [0.4, 0.5) is 10.1 Å². The first kappa shape index (κ1) is 27.3. The van der Waals surface area contributed by atoms with Crippen molar-refractivity contribution >= 4 is 56.0 Å². The molecular formula is C31H29FN2O5S. The lowest BCUT2D eigenvalue weighted by atomic mass is 10.1. The van der Waals surface area contributed by atoms with Crippen LogP contribution in [-0.2, 0) is 16.1 Å². The average molecular weight is 561 g/mol. The van der Waals surface area contributed by atoms with Gasteiger partial charge < -0.3 is 24.6 Å². The zero-order chi connectivity index (χ0) is 28.2. The molecule has 2 heterocycles. The van der Waals surface area contributed by atoms with Gasteiger partial charge >= 0.3 is 5.97 Å². The van der Waals surface area contributed by atoms with E-state index < -0.39 is 17.8 Å². The fraction of sp³-hybridized carbons (Fsp3) is 0.258. The van der Waals surface area contributed by atoms with Crippen molar-refractivity contribution in [3.05, 3.63) is 83.0 Å². The van der Waals surface area contributed by atoms with E-state index in [2.05, 4.69) is 34.9 Å². The third-order valence-corrected chi connectivity index (χ3v) is 7.95. The standard InChI is InChI=1S/C31H29FN2O5S/c1-2-20(15-28-33(13-5-9-30(35)36)24-19-23(32)11-12-26(24)39-28)16-29-34(14-6-10-31(37)38)25-17-21-7-3-4-8-22(21)18-27(25)40-29/h3-4,7-8,11-12,15-19H,2,5-6,9-10,13-14H2,1H3,(H-,35,36,37,38). The highest BCUT2D eigenvalue weighted by atomic mass is 32.1. The first-order chi connectivity index (χ1) is 19.3. The molecule has 5 rings (SSSR count). The predicted octanol–water partition coefficient (Wildman–Crippen LogP) is 5.41. The highest BCUT2D eigenvalue weighted by molar-refractivity contribution is 7.19. The van der Waals surface area contributed by atoms with Gasteiger partial charge in [-0.05, 0) is 53.8 Å².